The first-order chi connectivity index (χ1) is 10.0. The summed E-state index contributed by atoms with van der Waals surface area (Å²) in [4.78, 5) is 28.3. The molecule has 1 N–H and O–H groups in total. The van der Waals surface area contributed by atoms with Gasteiger partial charge in [-0.05, 0) is 43.3 Å². The van der Waals surface area contributed by atoms with Crippen molar-refractivity contribution in [1.82, 2.24) is 4.98 Å². The van der Waals surface area contributed by atoms with Gasteiger partial charge in [0.25, 0.3) is 5.91 Å². The minimum absolute atomic E-state index is 0.128. The normalized spacial score (nSPS) is 10.2. The number of halogens is 1. The second-order valence-electron chi connectivity index (χ2n) is 4.26. The first-order valence-corrected chi connectivity index (χ1v) is 6.29. The minimum atomic E-state index is -1.15. The van der Waals surface area contributed by atoms with Gasteiger partial charge in [-0.15, -0.1) is 0 Å². The van der Waals surface area contributed by atoms with E-state index in [1.807, 2.05) is 0 Å². The molecule has 0 atom stereocenters. The topological polar surface area (TPSA) is 70.5 Å². The summed E-state index contributed by atoms with van der Waals surface area (Å²) in [7, 11) is 0. The van der Waals surface area contributed by atoms with Crippen LogP contribution in [0.5, 0.6) is 0 Å². The van der Waals surface area contributed by atoms with E-state index in [0.29, 0.717) is 12.2 Å². The highest BCUT2D eigenvalue weighted by molar-refractivity contribution is 6.06. The van der Waals surface area contributed by atoms with Gasteiger partial charge in [0.2, 0.25) is 0 Å². The van der Waals surface area contributed by atoms with Crippen molar-refractivity contribution >= 4 is 17.6 Å². The van der Waals surface area contributed by atoms with Gasteiger partial charge < -0.3 is 10.0 Å². The van der Waals surface area contributed by atoms with Crippen LogP contribution in [0.2, 0.25) is 0 Å². The van der Waals surface area contributed by atoms with E-state index < -0.39 is 5.97 Å². The molecule has 0 aliphatic heterocycles. The maximum absolute atomic E-state index is 12.9. The molecule has 0 aliphatic carbocycles. The Morgan fingerprint density at radius 3 is 2.33 bits per heavy atom. The third-order valence-corrected chi connectivity index (χ3v) is 2.93. The third kappa shape index (κ3) is 3.22. The van der Waals surface area contributed by atoms with Gasteiger partial charge in [0.1, 0.15) is 11.5 Å². The summed E-state index contributed by atoms with van der Waals surface area (Å²) < 4.78 is 12.9. The van der Waals surface area contributed by atoms with E-state index >= 15 is 0 Å². The van der Waals surface area contributed by atoms with Gasteiger partial charge in [-0.3, -0.25) is 4.79 Å². The number of aromatic nitrogens is 1. The van der Waals surface area contributed by atoms with E-state index in [9.17, 15) is 14.0 Å². The highest BCUT2D eigenvalue weighted by Gasteiger charge is 2.17. The molecular weight excluding hydrogens is 275 g/mol. The molecule has 2 aromatic rings. The molecule has 0 unspecified atom stereocenters. The summed E-state index contributed by atoms with van der Waals surface area (Å²) in [6.07, 6.45) is 1.22. The van der Waals surface area contributed by atoms with Gasteiger partial charge in [0.05, 0.1) is 5.56 Å². The zero-order chi connectivity index (χ0) is 15.4. The van der Waals surface area contributed by atoms with E-state index in [1.165, 1.54) is 47.5 Å². The number of anilines is 1. The fourth-order valence-corrected chi connectivity index (χ4v) is 1.87. The van der Waals surface area contributed by atoms with E-state index in [1.54, 1.807) is 6.92 Å². The molecule has 1 heterocycles. The number of nitrogens with zero attached hydrogens (tertiary/aromatic N) is 2. The molecule has 1 amide bonds. The second-order valence-corrected chi connectivity index (χ2v) is 4.26. The Labute approximate surface area is 120 Å². The zero-order valence-electron chi connectivity index (χ0n) is 11.3. The minimum Gasteiger partial charge on any atom is -0.477 e. The van der Waals surface area contributed by atoms with Crippen LogP contribution < -0.4 is 4.90 Å². The van der Waals surface area contributed by atoms with Gasteiger partial charge in [0, 0.05) is 18.4 Å². The average Bonchev–Trinajstić information content (AvgIpc) is 2.50. The molecule has 0 spiro atoms. The molecule has 21 heavy (non-hydrogen) atoms. The van der Waals surface area contributed by atoms with Crippen molar-refractivity contribution in [1.29, 1.82) is 0 Å². The van der Waals surface area contributed by atoms with Crippen LogP contribution in [0.15, 0.2) is 42.6 Å². The van der Waals surface area contributed by atoms with E-state index in [-0.39, 0.29) is 23.0 Å². The van der Waals surface area contributed by atoms with Gasteiger partial charge >= 0.3 is 5.97 Å². The number of hydrogen-bond acceptors (Lipinski definition) is 3. The van der Waals surface area contributed by atoms with Crippen LogP contribution in [0.4, 0.5) is 10.1 Å². The lowest BCUT2D eigenvalue weighted by Gasteiger charge is -2.21. The van der Waals surface area contributed by atoms with Crippen LogP contribution in [-0.4, -0.2) is 28.5 Å². The number of hydrogen-bond donors (Lipinski definition) is 1. The summed E-state index contributed by atoms with van der Waals surface area (Å²) >= 11 is 0. The summed E-state index contributed by atoms with van der Waals surface area (Å²) in [6.45, 7) is 2.19. The summed E-state index contributed by atoms with van der Waals surface area (Å²) in [6, 6.07) is 8.25. The maximum atomic E-state index is 12.9. The van der Waals surface area contributed by atoms with Crippen LogP contribution in [0.25, 0.3) is 0 Å². The molecule has 2 rings (SSSR count). The number of carbonyl (C=O) groups is 2. The largest absolute Gasteiger partial charge is 0.477 e. The van der Waals surface area contributed by atoms with Crippen molar-refractivity contribution in [2.45, 2.75) is 6.92 Å². The van der Waals surface area contributed by atoms with Crippen molar-refractivity contribution in [2.75, 3.05) is 11.4 Å². The molecule has 0 radical (unpaired) electrons. The fourth-order valence-electron chi connectivity index (χ4n) is 1.87. The molecule has 0 saturated heterocycles. The molecular formula is C15H13FN2O3. The molecule has 0 bridgehead atoms. The third-order valence-electron chi connectivity index (χ3n) is 2.93. The Hall–Kier alpha value is -2.76. The highest BCUT2D eigenvalue weighted by atomic mass is 19.1. The Morgan fingerprint density at radius 1 is 1.19 bits per heavy atom. The van der Waals surface area contributed by atoms with Crippen molar-refractivity contribution in [3.63, 3.8) is 0 Å². The van der Waals surface area contributed by atoms with E-state index in [0.717, 1.165) is 0 Å². The predicted molar refractivity (Wildman–Crippen MR) is 74.9 cm³/mol. The van der Waals surface area contributed by atoms with Crippen molar-refractivity contribution in [3.05, 3.63) is 59.7 Å². The van der Waals surface area contributed by atoms with Gasteiger partial charge in [0.15, 0.2) is 0 Å². The maximum Gasteiger partial charge on any atom is 0.354 e. The summed E-state index contributed by atoms with van der Waals surface area (Å²) in [5.41, 5.74) is 0.703. The van der Waals surface area contributed by atoms with Crippen molar-refractivity contribution in [2.24, 2.45) is 0 Å². The van der Waals surface area contributed by atoms with Crippen LogP contribution in [-0.2, 0) is 0 Å². The quantitative estimate of drug-likeness (QED) is 0.938. The number of pyridine rings is 1. The van der Waals surface area contributed by atoms with E-state index in [2.05, 4.69) is 4.98 Å². The molecule has 1 aromatic carbocycles. The number of carboxylic acids is 1. The number of amides is 1. The summed E-state index contributed by atoms with van der Waals surface area (Å²) in [5, 5.41) is 8.78. The highest BCUT2D eigenvalue weighted by Crippen LogP contribution is 2.17. The summed E-state index contributed by atoms with van der Waals surface area (Å²) in [5.74, 6) is -1.86. The van der Waals surface area contributed by atoms with Gasteiger partial charge in [-0.2, -0.15) is 0 Å². The number of rotatable bonds is 4. The Balaban J connectivity index is 2.27. The van der Waals surface area contributed by atoms with Gasteiger partial charge in [-0.25, -0.2) is 14.2 Å². The lowest BCUT2D eigenvalue weighted by Crippen LogP contribution is -2.30. The lowest BCUT2D eigenvalue weighted by atomic mass is 10.2. The molecule has 0 saturated carbocycles. The Kier molecular flexibility index (Phi) is 4.27. The van der Waals surface area contributed by atoms with Gasteiger partial charge in [-0.1, -0.05) is 0 Å². The Morgan fingerprint density at radius 2 is 1.86 bits per heavy atom. The van der Waals surface area contributed by atoms with Crippen LogP contribution in [0, 0.1) is 5.82 Å². The molecule has 6 heteroatoms. The van der Waals surface area contributed by atoms with Crippen LogP contribution in [0.1, 0.15) is 27.8 Å². The smallest absolute Gasteiger partial charge is 0.354 e. The number of aromatic carboxylic acids is 1. The fraction of sp³-hybridized carbons (Fsp3) is 0.133. The number of benzene rings is 1. The van der Waals surface area contributed by atoms with E-state index in [4.69, 9.17) is 5.11 Å². The van der Waals surface area contributed by atoms with Crippen molar-refractivity contribution in [3.8, 4) is 0 Å². The van der Waals surface area contributed by atoms with Crippen LogP contribution >= 0.6 is 0 Å². The predicted octanol–water partition coefficient (Wildman–Crippen LogP) is 2.59. The number of carboxylic acid groups (broad SMARTS) is 1. The molecule has 0 aliphatic rings. The SMILES string of the molecule is CCN(C(=O)c1ccc(C(=O)O)nc1)c1ccc(F)cc1. The molecule has 0 fully saturated rings. The average molecular weight is 288 g/mol. The zero-order valence-corrected chi connectivity index (χ0v) is 11.3. The standard InChI is InChI=1S/C15H13FN2O3/c1-2-18(12-6-4-11(16)5-7-12)14(19)10-3-8-13(15(20)21)17-9-10/h3-9H,2H2,1H3,(H,20,21). The monoisotopic (exact) mass is 288 g/mol. The first kappa shape index (κ1) is 14.6. The second kappa shape index (κ2) is 6.13. The Bertz CT molecular complexity index is 654. The lowest BCUT2D eigenvalue weighted by molar-refractivity contribution is 0.0690. The van der Waals surface area contributed by atoms with Crippen molar-refractivity contribution < 1.29 is 19.1 Å². The molecule has 1 aromatic heterocycles. The first-order valence-electron chi connectivity index (χ1n) is 6.29. The molecule has 5 nitrogen and oxygen atoms in total. The number of carbonyl (C=O) groups excluding carboxylic acids is 1. The van der Waals surface area contributed by atoms with Crippen LogP contribution in [0.3, 0.4) is 0 Å². The molecule has 108 valence electrons.